The standard InChI is InChI=1S/C14H18N2O5S2/c1-4-5-21-13(19)10-14(22-6-7(2)15-20)23-12-9(8(3)17)11(18)16(10)12/h4,8-9,12,17,20H,1,5-6H2,2-3H3/t8?,9?,12-/m1/s1. The predicted octanol–water partition coefficient (Wildman–Crippen LogP) is 1.38. The number of oxime groups is 1. The van der Waals surface area contributed by atoms with Crippen molar-refractivity contribution in [2.75, 3.05) is 12.4 Å². The Morgan fingerprint density at radius 2 is 2.35 bits per heavy atom. The highest BCUT2D eigenvalue weighted by Crippen LogP contribution is 2.53. The van der Waals surface area contributed by atoms with Crippen LogP contribution >= 0.6 is 23.5 Å². The number of carbonyl (C=O) groups is 2. The first kappa shape index (κ1) is 17.9. The van der Waals surface area contributed by atoms with E-state index in [2.05, 4.69) is 11.7 Å². The number of rotatable bonds is 7. The first-order valence-corrected chi connectivity index (χ1v) is 8.79. The third-order valence-electron chi connectivity index (χ3n) is 3.37. The van der Waals surface area contributed by atoms with Crippen LogP contribution in [0.4, 0.5) is 0 Å². The van der Waals surface area contributed by atoms with Gasteiger partial charge in [-0.2, -0.15) is 0 Å². The van der Waals surface area contributed by atoms with Crippen LogP contribution in [-0.2, 0) is 14.3 Å². The Kier molecular flexibility index (Phi) is 5.77. The van der Waals surface area contributed by atoms with Gasteiger partial charge < -0.3 is 15.1 Å². The summed E-state index contributed by atoms with van der Waals surface area (Å²) < 4.78 is 5.69. The minimum atomic E-state index is -0.785. The van der Waals surface area contributed by atoms with Gasteiger partial charge in [0.15, 0.2) is 5.70 Å². The van der Waals surface area contributed by atoms with Crippen molar-refractivity contribution >= 4 is 41.1 Å². The maximum Gasteiger partial charge on any atom is 0.357 e. The maximum atomic E-state index is 12.3. The van der Waals surface area contributed by atoms with Gasteiger partial charge in [0.05, 0.1) is 22.0 Å². The molecule has 2 aliphatic heterocycles. The number of hydrogen-bond acceptors (Lipinski definition) is 8. The van der Waals surface area contributed by atoms with Crippen molar-refractivity contribution in [3.63, 3.8) is 0 Å². The zero-order valence-electron chi connectivity index (χ0n) is 12.8. The van der Waals surface area contributed by atoms with Crippen LogP contribution in [0.5, 0.6) is 0 Å². The van der Waals surface area contributed by atoms with Crippen LogP contribution in [0.1, 0.15) is 13.8 Å². The molecule has 0 aromatic carbocycles. The molecule has 3 atom stereocenters. The van der Waals surface area contributed by atoms with Gasteiger partial charge in [-0.25, -0.2) is 4.79 Å². The summed E-state index contributed by atoms with van der Waals surface area (Å²) in [7, 11) is 0. The van der Waals surface area contributed by atoms with E-state index in [1.54, 1.807) is 13.8 Å². The summed E-state index contributed by atoms with van der Waals surface area (Å²) in [5.74, 6) is -1.04. The summed E-state index contributed by atoms with van der Waals surface area (Å²) >= 11 is 2.65. The van der Waals surface area contributed by atoms with Gasteiger partial charge in [0.1, 0.15) is 12.0 Å². The molecule has 2 aliphatic rings. The normalized spacial score (nSPS) is 25.1. The van der Waals surface area contributed by atoms with Crippen molar-refractivity contribution in [1.82, 2.24) is 4.90 Å². The zero-order chi connectivity index (χ0) is 17.1. The molecule has 1 fully saturated rings. The van der Waals surface area contributed by atoms with Crippen LogP contribution in [0.2, 0.25) is 0 Å². The lowest BCUT2D eigenvalue weighted by molar-refractivity contribution is -0.157. The molecule has 0 radical (unpaired) electrons. The number of hydrogen-bond donors (Lipinski definition) is 2. The van der Waals surface area contributed by atoms with Gasteiger partial charge in [0, 0.05) is 5.75 Å². The third-order valence-corrected chi connectivity index (χ3v) is 6.19. The molecule has 1 amide bonds. The fourth-order valence-corrected chi connectivity index (χ4v) is 5.02. The minimum Gasteiger partial charge on any atom is -0.457 e. The molecule has 1 saturated heterocycles. The summed E-state index contributed by atoms with van der Waals surface area (Å²) in [6.07, 6.45) is 0.663. The molecule has 0 bridgehead atoms. The van der Waals surface area contributed by atoms with Crippen molar-refractivity contribution in [3.05, 3.63) is 22.6 Å². The number of amides is 1. The van der Waals surface area contributed by atoms with Gasteiger partial charge in [0.2, 0.25) is 5.91 Å². The minimum absolute atomic E-state index is 0.0502. The van der Waals surface area contributed by atoms with Gasteiger partial charge in [-0.3, -0.25) is 9.69 Å². The number of β-lactam (4-membered cyclic amide) rings is 1. The van der Waals surface area contributed by atoms with E-state index in [-0.39, 0.29) is 23.6 Å². The van der Waals surface area contributed by atoms with Crippen molar-refractivity contribution < 1.29 is 24.6 Å². The second kappa shape index (κ2) is 7.41. The highest BCUT2D eigenvalue weighted by atomic mass is 32.2. The molecule has 2 rings (SSSR count). The number of carbonyl (C=O) groups excluding carboxylic acids is 2. The van der Waals surface area contributed by atoms with Crippen molar-refractivity contribution in [2.45, 2.75) is 25.3 Å². The first-order chi connectivity index (χ1) is 10.9. The summed E-state index contributed by atoms with van der Waals surface area (Å²) in [5, 5.41) is 21.2. The molecule has 0 aromatic heterocycles. The lowest BCUT2D eigenvalue weighted by atomic mass is 9.92. The highest BCUT2D eigenvalue weighted by Gasteiger charge is 2.57. The van der Waals surface area contributed by atoms with Crippen LogP contribution in [0.15, 0.2) is 27.7 Å². The molecule has 0 spiro atoms. The number of nitrogens with zero attached hydrogens (tertiary/aromatic N) is 2. The van der Waals surface area contributed by atoms with E-state index in [1.165, 1.54) is 34.5 Å². The van der Waals surface area contributed by atoms with Crippen LogP contribution < -0.4 is 0 Å². The second-order valence-corrected chi connectivity index (χ2v) is 7.50. The number of aliphatic hydroxyl groups excluding tert-OH is 1. The molecule has 2 heterocycles. The van der Waals surface area contributed by atoms with E-state index in [1.807, 2.05) is 0 Å². The quantitative estimate of drug-likeness (QED) is 0.177. The Bertz CT molecular complexity index is 588. The molecular weight excluding hydrogens is 340 g/mol. The number of esters is 1. The number of fused-ring (bicyclic) bond motifs is 1. The molecule has 0 aromatic rings. The van der Waals surface area contributed by atoms with Crippen LogP contribution in [0, 0.1) is 5.92 Å². The number of ether oxygens (including phenoxy) is 1. The number of aliphatic hydroxyl groups is 1. The average Bonchev–Trinajstić information content (AvgIpc) is 2.84. The largest absolute Gasteiger partial charge is 0.457 e. The molecule has 126 valence electrons. The van der Waals surface area contributed by atoms with E-state index < -0.39 is 18.0 Å². The van der Waals surface area contributed by atoms with Gasteiger partial charge >= 0.3 is 5.97 Å². The third kappa shape index (κ3) is 3.41. The van der Waals surface area contributed by atoms with Crippen LogP contribution in [0.3, 0.4) is 0 Å². The molecule has 9 heteroatoms. The van der Waals surface area contributed by atoms with E-state index in [0.29, 0.717) is 15.7 Å². The SMILES string of the molecule is C=CCOC(=O)C1=C(SCC(C)=NO)S[C@@H]2C(C(C)O)C(=O)N12. The van der Waals surface area contributed by atoms with Crippen molar-refractivity contribution in [2.24, 2.45) is 11.1 Å². The summed E-state index contributed by atoms with van der Waals surface area (Å²) in [5.41, 5.74) is 0.689. The first-order valence-electron chi connectivity index (χ1n) is 6.92. The zero-order valence-corrected chi connectivity index (χ0v) is 14.4. The molecule has 23 heavy (non-hydrogen) atoms. The van der Waals surface area contributed by atoms with E-state index in [4.69, 9.17) is 9.94 Å². The lowest BCUT2D eigenvalue weighted by Crippen LogP contribution is -2.60. The van der Waals surface area contributed by atoms with Crippen molar-refractivity contribution in [1.29, 1.82) is 0 Å². The summed E-state index contributed by atoms with van der Waals surface area (Å²) in [4.78, 5) is 25.9. The maximum absolute atomic E-state index is 12.3. The van der Waals surface area contributed by atoms with E-state index >= 15 is 0 Å². The smallest absolute Gasteiger partial charge is 0.357 e. The van der Waals surface area contributed by atoms with Crippen LogP contribution in [-0.4, -0.2) is 56.6 Å². The molecule has 2 unspecified atom stereocenters. The monoisotopic (exact) mass is 358 g/mol. The van der Waals surface area contributed by atoms with Crippen LogP contribution in [0.25, 0.3) is 0 Å². The summed E-state index contributed by atoms with van der Waals surface area (Å²) in [6, 6.07) is 0. The Hall–Kier alpha value is -1.45. The second-order valence-electron chi connectivity index (χ2n) is 5.13. The Morgan fingerprint density at radius 1 is 1.65 bits per heavy atom. The molecular formula is C14H18N2O5S2. The fraction of sp³-hybridized carbons (Fsp3) is 0.500. The van der Waals surface area contributed by atoms with E-state index in [9.17, 15) is 14.7 Å². The lowest BCUT2D eigenvalue weighted by Gasteiger charge is -2.43. The van der Waals surface area contributed by atoms with E-state index in [0.717, 1.165) is 0 Å². The Labute approximate surface area is 142 Å². The topological polar surface area (TPSA) is 99.4 Å². The van der Waals surface area contributed by atoms with Gasteiger partial charge in [-0.05, 0) is 13.8 Å². The van der Waals surface area contributed by atoms with Gasteiger partial charge in [0.25, 0.3) is 0 Å². The average molecular weight is 358 g/mol. The fourth-order valence-electron chi connectivity index (χ4n) is 2.24. The van der Waals surface area contributed by atoms with Gasteiger partial charge in [-0.1, -0.05) is 29.6 Å². The Balaban J connectivity index is 2.22. The highest BCUT2D eigenvalue weighted by molar-refractivity contribution is 8.23. The number of thioether (sulfide) groups is 2. The molecule has 7 nitrogen and oxygen atoms in total. The Morgan fingerprint density at radius 3 is 2.91 bits per heavy atom. The predicted molar refractivity (Wildman–Crippen MR) is 88.9 cm³/mol. The molecule has 2 N–H and O–H groups in total. The van der Waals surface area contributed by atoms with Gasteiger partial charge in [-0.15, -0.1) is 11.8 Å². The van der Waals surface area contributed by atoms with Crippen molar-refractivity contribution in [3.8, 4) is 0 Å². The molecule has 0 aliphatic carbocycles. The molecule has 0 saturated carbocycles. The summed E-state index contributed by atoms with van der Waals surface area (Å²) in [6.45, 7) is 6.75.